The number of anilines is 1. The summed E-state index contributed by atoms with van der Waals surface area (Å²) < 4.78 is 19.9. The maximum atomic E-state index is 13.7. The third-order valence-electron chi connectivity index (χ3n) is 5.07. The summed E-state index contributed by atoms with van der Waals surface area (Å²) in [6.07, 6.45) is -0.0175. The predicted octanol–water partition coefficient (Wildman–Crippen LogP) is 1.81. The van der Waals surface area contributed by atoms with Gasteiger partial charge in [-0.25, -0.2) is 9.18 Å². The minimum atomic E-state index is -0.746. The number of likely N-dealkylation sites (tertiary alicyclic amines) is 1. The number of nitrogens with zero attached hydrogens (tertiary/aromatic N) is 3. The molecule has 3 rings (SSSR count). The van der Waals surface area contributed by atoms with Gasteiger partial charge in [-0.2, -0.15) is 5.10 Å². The van der Waals surface area contributed by atoms with Gasteiger partial charge in [0, 0.05) is 20.5 Å². The lowest BCUT2D eigenvalue weighted by Gasteiger charge is -2.25. The molecule has 1 aromatic carbocycles. The average Bonchev–Trinajstić information content (AvgIpc) is 3.12. The van der Waals surface area contributed by atoms with Crippen molar-refractivity contribution in [2.45, 2.75) is 19.4 Å². The molecule has 2 amide bonds. The zero-order chi connectivity index (χ0) is 20.6. The molecule has 0 aliphatic carbocycles. The second-order valence-corrected chi connectivity index (χ2v) is 6.73. The second kappa shape index (κ2) is 7.41. The number of aryl methyl sites for hydroxylation is 1. The Kier molecular flexibility index (Phi) is 5.17. The van der Waals surface area contributed by atoms with E-state index in [9.17, 15) is 18.8 Å². The lowest BCUT2D eigenvalue weighted by atomic mass is 9.92. The van der Waals surface area contributed by atoms with Crippen LogP contribution in [0.5, 0.6) is 0 Å². The van der Waals surface area contributed by atoms with Crippen LogP contribution < -0.4 is 5.32 Å². The molecule has 2 unspecified atom stereocenters. The zero-order valence-corrected chi connectivity index (χ0v) is 16.0. The molecule has 0 radical (unpaired) electrons. The minimum absolute atomic E-state index is 0.0175. The summed E-state index contributed by atoms with van der Waals surface area (Å²) in [5.74, 6) is -2.54. The number of amides is 2. The summed E-state index contributed by atoms with van der Waals surface area (Å²) in [6.45, 7) is 1.70. The number of carbonyl (C=O) groups is 3. The van der Waals surface area contributed by atoms with E-state index in [1.165, 1.54) is 34.9 Å². The fraction of sp³-hybridized carbons (Fsp3) is 0.368. The van der Waals surface area contributed by atoms with Crippen LogP contribution in [0, 0.1) is 18.7 Å². The number of nitrogens with one attached hydrogen (secondary N) is 1. The maximum Gasteiger partial charge on any atom is 0.360 e. The SMILES string of the molecule is COC(=O)c1nn(C)c(C)c1NC(=O)C1CC(=O)N(C)C1c1cccc(F)c1. The Balaban J connectivity index is 1.94. The molecular formula is C19H21FN4O4. The lowest BCUT2D eigenvalue weighted by Crippen LogP contribution is -2.30. The number of rotatable bonds is 4. The summed E-state index contributed by atoms with van der Waals surface area (Å²) in [6, 6.07) is 5.23. The molecule has 2 heterocycles. The number of carbonyl (C=O) groups excluding carboxylic acids is 3. The van der Waals surface area contributed by atoms with Crippen molar-refractivity contribution in [3.63, 3.8) is 0 Å². The van der Waals surface area contributed by atoms with Crippen molar-refractivity contribution >= 4 is 23.5 Å². The van der Waals surface area contributed by atoms with Gasteiger partial charge in [0.2, 0.25) is 11.8 Å². The van der Waals surface area contributed by atoms with Gasteiger partial charge in [0.15, 0.2) is 5.69 Å². The number of halogens is 1. The van der Waals surface area contributed by atoms with E-state index < -0.39 is 29.7 Å². The molecule has 0 saturated carbocycles. The Morgan fingerprint density at radius 3 is 2.68 bits per heavy atom. The van der Waals surface area contributed by atoms with E-state index >= 15 is 0 Å². The van der Waals surface area contributed by atoms with Crippen molar-refractivity contribution in [3.8, 4) is 0 Å². The average molecular weight is 388 g/mol. The van der Waals surface area contributed by atoms with Crippen molar-refractivity contribution in [3.05, 3.63) is 47.0 Å². The Hall–Kier alpha value is -3.23. The maximum absolute atomic E-state index is 13.7. The van der Waals surface area contributed by atoms with E-state index in [1.807, 2.05) is 0 Å². The summed E-state index contributed by atoms with van der Waals surface area (Å²) in [5, 5.41) is 6.80. The summed E-state index contributed by atoms with van der Waals surface area (Å²) >= 11 is 0. The molecule has 1 fully saturated rings. The number of hydrogen-bond acceptors (Lipinski definition) is 5. The van der Waals surface area contributed by atoms with Crippen molar-refractivity contribution in [2.75, 3.05) is 19.5 Å². The van der Waals surface area contributed by atoms with Gasteiger partial charge in [-0.3, -0.25) is 14.3 Å². The number of benzene rings is 1. The van der Waals surface area contributed by atoms with Crippen molar-refractivity contribution in [1.82, 2.24) is 14.7 Å². The standard InChI is InChI=1S/C19H21FN4O4/c1-10-15(16(19(27)28-4)22-24(10)3)21-18(26)13-9-14(25)23(2)17(13)11-6-5-7-12(20)8-11/h5-8,13,17H,9H2,1-4H3,(H,21,26). The molecule has 1 saturated heterocycles. The first-order valence-electron chi connectivity index (χ1n) is 8.68. The number of methoxy groups -OCH3 is 1. The van der Waals surface area contributed by atoms with Crippen LogP contribution in [-0.2, 0) is 21.4 Å². The fourth-order valence-corrected chi connectivity index (χ4v) is 3.46. The monoisotopic (exact) mass is 388 g/mol. The van der Waals surface area contributed by atoms with E-state index in [0.717, 1.165) is 0 Å². The lowest BCUT2D eigenvalue weighted by molar-refractivity contribution is -0.128. The van der Waals surface area contributed by atoms with Gasteiger partial charge in [-0.15, -0.1) is 0 Å². The third kappa shape index (κ3) is 3.35. The first-order valence-corrected chi connectivity index (χ1v) is 8.68. The zero-order valence-electron chi connectivity index (χ0n) is 16.0. The molecule has 9 heteroatoms. The highest BCUT2D eigenvalue weighted by Gasteiger charge is 2.43. The first kappa shape index (κ1) is 19.5. The van der Waals surface area contributed by atoms with Crippen molar-refractivity contribution < 1.29 is 23.5 Å². The van der Waals surface area contributed by atoms with Crippen LogP contribution in [0.3, 0.4) is 0 Å². The quantitative estimate of drug-likeness (QED) is 0.807. The molecule has 28 heavy (non-hydrogen) atoms. The summed E-state index contributed by atoms with van der Waals surface area (Å²) in [7, 11) is 4.45. The summed E-state index contributed by atoms with van der Waals surface area (Å²) in [4.78, 5) is 38.7. The van der Waals surface area contributed by atoms with Crippen LogP contribution in [0.25, 0.3) is 0 Å². The highest BCUT2D eigenvalue weighted by atomic mass is 19.1. The second-order valence-electron chi connectivity index (χ2n) is 6.73. The molecule has 0 bridgehead atoms. The third-order valence-corrected chi connectivity index (χ3v) is 5.07. The van der Waals surface area contributed by atoms with E-state index in [0.29, 0.717) is 11.3 Å². The van der Waals surface area contributed by atoms with Gasteiger partial charge in [0.05, 0.1) is 30.5 Å². The molecule has 148 valence electrons. The van der Waals surface area contributed by atoms with Crippen LogP contribution in [0.2, 0.25) is 0 Å². The van der Waals surface area contributed by atoms with Gasteiger partial charge in [-0.05, 0) is 24.6 Å². The molecule has 1 aromatic heterocycles. The first-order chi connectivity index (χ1) is 13.2. The molecule has 1 N–H and O–H groups in total. The number of esters is 1. The van der Waals surface area contributed by atoms with E-state index in [2.05, 4.69) is 10.4 Å². The van der Waals surface area contributed by atoms with Gasteiger partial charge in [-0.1, -0.05) is 12.1 Å². The van der Waals surface area contributed by atoms with Crippen LogP contribution in [0.4, 0.5) is 10.1 Å². The highest BCUT2D eigenvalue weighted by molar-refractivity contribution is 6.03. The van der Waals surface area contributed by atoms with Crippen LogP contribution in [-0.4, -0.2) is 46.6 Å². The van der Waals surface area contributed by atoms with Crippen LogP contribution in [0.1, 0.15) is 34.2 Å². The van der Waals surface area contributed by atoms with Crippen molar-refractivity contribution in [2.24, 2.45) is 13.0 Å². The Morgan fingerprint density at radius 1 is 1.32 bits per heavy atom. The van der Waals surface area contributed by atoms with E-state index in [4.69, 9.17) is 4.74 Å². The highest BCUT2D eigenvalue weighted by Crippen LogP contribution is 2.38. The van der Waals surface area contributed by atoms with Gasteiger partial charge in [0.25, 0.3) is 0 Å². The predicted molar refractivity (Wildman–Crippen MR) is 97.9 cm³/mol. The van der Waals surface area contributed by atoms with E-state index in [-0.39, 0.29) is 23.7 Å². The van der Waals surface area contributed by atoms with Crippen LogP contribution in [0.15, 0.2) is 24.3 Å². The molecular weight excluding hydrogens is 367 g/mol. The minimum Gasteiger partial charge on any atom is -0.464 e. The van der Waals surface area contributed by atoms with Gasteiger partial charge in [0.1, 0.15) is 5.82 Å². The van der Waals surface area contributed by atoms with Crippen LogP contribution >= 0.6 is 0 Å². The molecule has 2 aromatic rings. The fourth-order valence-electron chi connectivity index (χ4n) is 3.46. The molecule has 1 aliphatic rings. The van der Waals surface area contributed by atoms with Crippen molar-refractivity contribution in [1.29, 1.82) is 0 Å². The molecule has 2 atom stereocenters. The number of ether oxygens (including phenoxy) is 1. The Morgan fingerprint density at radius 2 is 2.04 bits per heavy atom. The van der Waals surface area contributed by atoms with Gasteiger partial charge < -0.3 is 15.0 Å². The Bertz CT molecular complexity index is 955. The number of aromatic nitrogens is 2. The van der Waals surface area contributed by atoms with E-state index in [1.54, 1.807) is 27.1 Å². The topological polar surface area (TPSA) is 93.5 Å². The molecule has 8 nitrogen and oxygen atoms in total. The smallest absolute Gasteiger partial charge is 0.360 e. The Labute approximate surface area is 161 Å². The van der Waals surface area contributed by atoms with Gasteiger partial charge >= 0.3 is 5.97 Å². The molecule has 1 aliphatic heterocycles. The molecule has 0 spiro atoms. The normalized spacial score (nSPS) is 19.0. The largest absolute Gasteiger partial charge is 0.464 e. The number of hydrogen-bond donors (Lipinski definition) is 1. The summed E-state index contributed by atoms with van der Waals surface area (Å²) in [5.41, 5.74) is 1.31.